The van der Waals surface area contributed by atoms with E-state index in [0.717, 1.165) is 18.5 Å². The van der Waals surface area contributed by atoms with Gasteiger partial charge in [-0.2, -0.15) is 4.57 Å². The van der Waals surface area contributed by atoms with E-state index in [-0.39, 0.29) is 40.6 Å². The number of rotatable bonds is 4. The van der Waals surface area contributed by atoms with E-state index < -0.39 is 0 Å². The molecule has 2 amide bonds. The van der Waals surface area contributed by atoms with Crippen molar-refractivity contribution in [2.24, 2.45) is 11.8 Å². The summed E-state index contributed by atoms with van der Waals surface area (Å²) in [6.07, 6.45) is 5.76. The Balaban J connectivity index is 0.00000196. The molecule has 1 aromatic heterocycles. The third-order valence-electron chi connectivity index (χ3n) is 5.23. The maximum absolute atomic E-state index is 12.6. The normalized spacial score (nSPS) is 22.2. The predicted molar refractivity (Wildman–Crippen MR) is 95.6 cm³/mol. The Morgan fingerprint density at radius 1 is 1.08 bits per heavy atom. The lowest BCUT2D eigenvalue weighted by Crippen LogP contribution is -3.00. The first-order valence-corrected chi connectivity index (χ1v) is 9.10. The number of carbonyl (C=O) groups excluding carboxylic acids is 2. The fourth-order valence-corrected chi connectivity index (χ4v) is 4.19. The Morgan fingerprint density at radius 2 is 1.81 bits per heavy atom. The van der Waals surface area contributed by atoms with E-state index in [2.05, 4.69) is 22.8 Å². The number of halogens is 2. The molecule has 4 rings (SSSR count). The first-order chi connectivity index (χ1) is 12.1. The van der Waals surface area contributed by atoms with Gasteiger partial charge in [0.05, 0.1) is 11.8 Å². The Kier molecular flexibility index (Phi) is 5.78. The van der Waals surface area contributed by atoms with E-state index in [1.54, 1.807) is 0 Å². The fourth-order valence-electron chi connectivity index (χ4n) is 3.93. The summed E-state index contributed by atoms with van der Waals surface area (Å²) in [7, 11) is 0. The number of imide groups is 1. The van der Waals surface area contributed by atoms with Crippen molar-refractivity contribution < 1.29 is 31.1 Å². The van der Waals surface area contributed by atoms with E-state index in [4.69, 9.17) is 11.6 Å². The molecule has 2 aromatic rings. The molecule has 2 unspecified atom stereocenters. The van der Waals surface area contributed by atoms with E-state index in [0.29, 0.717) is 24.4 Å². The maximum atomic E-state index is 12.6. The lowest BCUT2D eigenvalue weighted by atomic mass is 9.85. The quantitative estimate of drug-likeness (QED) is 0.503. The van der Waals surface area contributed by atoms with Crippen LogP contribution in [0.4, 0.5) is 0 Å². The molecule has 2 heterocycles. The van der Waals surface area contributed by atoms with Gasteiger partial charge in [0.25, 0.3) is 0 Å². The van der Waals surface area contributed by atoms with Crippen molar-refractivity contribution in [3.63, 3.8) is 0 Å². The van der Waals surface area contributed by atoms with E-state index in [9.17, 15) is 9.59 Å². The molecule has 0 saturated carbocycles. The van der Waals surface area contributed by atoms with Gasteiger partial charge in [-0.05, 0) is 25.0 Å². The molecule has 0 spiro atoms. The number of allylic oxidation sites excluding steroid dienone is 2. The molecule has 136 valence electrons. The average Bonchev–Trinajstić information content (AvgIpc) is 2.86. The van der Waals surface area contributed by atoms with Gasteiger partial charge >= 0.3 is 0 Å². The van der Waals surface area contributed by atoms with Crippen molar-refractivity contribution in [2.45, 2.75) is 25.8 Å². The number of carbonyl (C=O) groups is 2. The van der Waals surface area contributed by atoms with Crippen molar-refractivity contribution in [3.05, 3.63) is 53.7 Å². The molecule has 26 heavy (non-hydrogen) atoms. The van der Waals surface area contributed by atoms with Crippen molar-refractivity contribution in [3.8, 4) is 0 Å². The molecule has 2 atom stereocenters. The van der Waals surface area contributed by atoms with Gasteiger partial charge in [-0.1, -0.05) is 29.8 Å². The molecule has 1 aromatic carbocycles. The number of fused-ring (bicyclic) bond motifs is 2. The van der Waals surface area contributed by atoms with Crippen LogP contribution >= 0.6 is 11.6 Å². The molecule has 4 nitrogen and oxygen atoms in total. The van der Waals surface area contributed by atoms with Crippen LogP contribution in [0.25, 0.3) is 10.9 Å². The Labute approximate surface area is 168 Å². The van der Waals surface area contributed by atoms with Crippen molar-refractivity contribution in [1.82, 2.24) is 4.90 Å². The second-order valence-corrected chi connectivity index (χ2v) is 7.23. The number of aryl methyl sites for hydroxylation is 1. The summed E-state index contributed by atoms with van der Waals surface area (Å²) >= 11 is 6.06. The second-order valence-electron chi connectivity index (χ2n) is 6.75. The van der Waals surface area contributed by atoms with Gasteiger partial charge in [-0.25, -0.2) is 0 Å². The Hall–Kier alpha value is -1.72. The summed E-state index contributed by atoms with van der Waals surface area (Å²) in [4.78, 5) is 26.5. The third-order valence-corrected chi connectivity index (χ3v) is 5.54. The van der Waals surface area contributed by atoms with Crippen molar-refractivity contribution in [2.75, 3.05) is 6.54 Å². The van der Waals surface area contributed by atoms with Gasteiger partial charge in [-0.3, -0.25) is 14.5 Å². The largest absolute Gasteiger partial charge is 1.00 e. The highest BCUT2D eigenvalue weighted by molar-refractivity contribution is 6.30. The minimum absolute atomic E-state index is 0. The first-order valence-electron chi connectivity index (χ1n) is 8.72. The summed E-state index contributed by atoms with van der Waals surface area (Å²) in [5, 5.41) is 1.89. The van der Waals surface area contributed by atoms with Crippen LogP contribution in [-0.2, 0) is 16.1 Å². The van der Waals surface area contributed by atoms with Crippen LogP contribution in [0, 0.1) is 11.8 Å². The van der Waals surface area contributed by atoms with Gasteiger partial charge in [0.2, 0.25) is 17.3 Å². The highest BCUT2D eigenvalue weighted by Gasteiger charge is 2.47. The van der Waals surface area contributed by atoms with Gasteiger partial charge in [0.15, 0.2) is 12.7 Å². The molecule has 1 aliphatic heterocycles. The minimum Gasteiger partial charge on any atom is -1.00 e. The van der Waals surface area contributed by atoms with Crippen molar-refractivity contribution in [1.29, 1.82) is 0 Å². The number of amides is 2. The monoisotopic (exact) mass is 434 g/mol. The molecule has 0 N–H and O–H groups in total. The van der Waals surface area contributed by atoms with Crippen LogP contribution in [0.3, 0.4) is 0 Å². The maximum Gasteiger partial charge on any atom is 0.233 e. The van der Waals surface area contributed by atoms with E-state index >= 15 is 0 Å². The molecule has 1 aliphatic carbocycles. The standard InChI is InChI=1S/C20H20ClN2O2.BrH/c21-15-8-9-16-17(13-15)20(25)23(19(16)24)12-4-11-22-10-3-6-14-5-1-2-7-18(14)22;/h1-3,5-8,10,16-17H,4,9,11-13H2;1H/q+1;/p-1. The highest BCUT2D eigenvalue weighted by atomic mass is 79.9. The number of aromatic nitrogens is 1. The van der Waals surface area contributed by atoms with Gasteiger partial charge in [-0.15, -0.1) is 0 Å². The fraction of sp³-hybridized carbons (Fsp3) is 0.350. The number of nitrogens with zero attached hydrogens (tertiary/aromatic N) is 2. The summed E-state index contributed by atoms with van der Waals surface area (Å²) < 4.78 is 2.17. The predicted octanol–water partition coefficient (Wildman–Crippen LogP) is 0.0391. The molecule has 6 heteroatoms. The molecular formula is C20H20BrClN2O2. The Morgan fingerprint density at radius 3 is 2.65 bits per heavy atom. The zero-order chi connectivity index (χ0) is 17.4. The van der Waals surface area contributed by atoms with Gasteiger partial charge in [0, 0.05) is 35.5 Å². The molecule has 1 saturated heterocycles. The van der Waals surface area contributed by atoms with E-state index in [1.807, 2.05) is 30.5 Å². The molecule has 1 fully saturated rings. The number of hydrogen-bond donors (Lipinski definition) is 0. The summed E-state index contributed by atoms with van der Waals surface area (Å²) in [6, 6.07) is 12.3. The van der Waals surface area contributed by atoms with Gasteiger partial charge < -0.3 is 17.0 Å². The lowest BCUT2D eigenvalue weighted by molar-refractivity contribution is -0.671. The van der Waals surface area contributed by atoms with Crippen LogP contribution in [0.1, 0.15) is 19.3 Å². The second kappa shape index (κ2) is 7.89. The third kappa shape index (κ3) is 3.42. The van der Waals surface area contributed by atoms with Crippen molar-refractivity contribution >= 4 is 34.3 Å². The van der Waals surface area contributed by atoms with Gasteiger partial charge in [0.1, 0.15) is 0 Å². The average molecular weight is 436 g/mol. The number of pyridine rings is 1. The number of hydrogen-bond acceptors (Lipinski definition) is 2. The summed E-state index contributed by atoms with van der Waals surface area (Å²) in [5.41, 5.74) is 1.16. The topological polar surface area (TPSA) is 41.3 Å². The van der Waals surface area contributed by atoms with Crippen LogP contribution in [0.15, 0.2) is 53.7 Å². The molecular weight excluding hydrogens is 416 g/mol. The zero-order valence-electron chi connectivity index (χ0n) is 14.3. The lowest BCUT2D eigenvalue weighted by Gasteiger charge is -2.17. The number of benzene rings is 1. The Bertz CT molecular complexity index is 878. The SMILES string of the molecule is O=C1C2CC=C(Cl)CC2C(=O)N1CCC[n+]1cccc2ccccc21.[Br-]. The minimum atomic E-state index is -0.254. The molecule has 2 aliphatic rings. The smallest absolute Gasteiger partial charge is 0.233 e. The highest BCUT2D eigenvalue weighted by Crippen LogP contribution is 2.38. The first kappa shape index (κ1) is 19.1. The van der Waals surface area contributed by atoms with E-state index in [1.165, 1.54) is 10.3 Å². The van der Waals surface area contributed by atoms with Crippen LogP contribution < -0.4 is 21.5 Å². The van der Waals surface area contributed by atoms with Crippen LogP contribution in [-0.4, -0.2) is 23.3 Å². The summed E-state index contributed by atoms with van der Waals surface area (Å²) in [5.74, 6) is -0.544. The van der Waals surface area contributed by atoms with Crippen LogP contribution in [0.5, 0.6) is 0 Å². The number of para-hydroxylation sites is 1. The van der Waals surface area contributed by atoms with Crippen LogP contribution in [0.2, 0.25) is 0 Å². The zero-order valence-corrected chi connectivity index (χ0v) is 16.6. The molecule has 0 radical (unpaired) electrons. The number of likely N-dealkylation sites (tertiary alicyclic amines) is 1. The summed E-state index contributed by atoms with van der Waals surface area (Å²) in [6.45, 7) is 1.24. The molecule has 0 bridgehead atoms.